The Morgan fingerprint density at radius 3 is 2.45 bits per heavy atom. The fraction of sp³-hybridized carbons (Fsp3) is 0.452. The number of nitrogens with zero attached hydrogens (tertiary/aromatic N) is 3. The predicted molar refractivity (Wildman–Crippen MR) is 153 cm³/mol. The topological polar surface area (TPSA) is 128 Å². The van der Waals surface area contributed by atoms with E-state index in [-0.39, 0.29) is 31.6 Å². The lowest BCUT2D eigenvalue weighted by Crippen LogP contribution is -2.54. The van der Waals surface area contributed by atoms with Gasteiger partial charge in [-0.15, -0.1) is 0 Å². The molecular formula is C31H35N5O6. The van der Waals surface area contributed by atoms with Crippen molar-refractivity contribution in [1.29, 1.82) is 0 Å². The minimum absolute atomic E-state index is 0.0902. The summed E-state index contributed by atoms with van der Waals surface area (Å²) in [7, 11) is 0. The summed E-state index contributed by atoms with van der Waals surface area (Å²) < 4.78 is 5.37. The number of likely N-dealkylation sites (tertiary alicyclic amines) is 1. The van der Waals surface area contributed by atoms with Gasteiger partial charge in [0.05, 0.1) is 16.8 Å². The van der Waals surface area contributed by atoms with E-state index < -0.39 is 29.7 Å². The van der Waals surface area contributed by atoms with Gasteiger partial charge in [-0.05, 0) is 49.3 Å². The predicted octanol–water partition coefficient (Wildman–Crippen LogP) is 2.30. The Bertz CT molecular complexity index is 1390. The molecule has 42 heavy (non-hydrogen) atoms. The Hall–Kier alpha value is -4.25. The Morgan fingerprint density at radius 1 is 0.905 bits per heavy atom. The summed E-state index contributed by atoms with van der Waals surface area (Å²) in [5.74, 6) is -1.55. The van der Waals surface area contributed by atoms with E-state index in [9.17, 15) is 24.0 Å². The van der Waals surface area contributed by atoms with E-state index >= 15 is 0 Å². The standard InChI is InChI=1S/C31H35N5O6/c37-26-10-9-25(28(38)33-26)36-29(39)23-7-4-8-24(27(23)30(36)40)35-16-11-21(18-35)17-34-14-12-22(13-15-34)32-31(41)42-19-20-5-2-1-3-6-20/h1-8,21-22,25H,9-19H2,(H,32,41)(H,33,37,38). The van der Waals surface area contributed by atoms with Crippen LogP contribution in [0, 0.1) is 5.92 Å². The quantitative estimate of drug-likeness (QED) is 0.483. The first-order valence-corrected chi connectivity index (χ1v) is 14.7. The third-order valence-electron chi connectivity index (χ3n) is 8.71. The highest BCUT2D eigenvalue weighted by Gasteiger charge is 2.46. The van der Waals surface area contributed by atoms with E-state index in [1.165, 1.54) is 0 Å². The lowest BCUT2D eigenvalue weighted by atomic mass is 10.0. The van der Waals surface area contributed by atoms with E-state index in [1.54, 1.807) is 12.1 Å². The maximum atomic E-state index is 13.5. The molecule has 11 nitrogen and oxygen atoms in total. The van der Waals surface area contributed by atoms with Crippen LogP contribution < -0.4 is 15.5 Å². The Balaban J connectivity index is 1.00. The average Bonchev–Trinajstić information content (AvgIpc) is 3.56. The molecule has 2 N–H and O–H groups in total. The number of benzene rings is 2. The van der Waals surface area contributed by atoms with Crippen molar-refractivity contribution in [2.75, 3.05) is 37.6 Å². The third-order valence-corrected chi connectivity index (χ3v) is 8.71. The number of anilines is 1. The van der Waals surface area contributed by atoms with Crippen LogP contribution in [-0.4, -0.2) is 84.3 Å². The molecule has 0 aliphatic carbocycles. The molecule has 220 valence electrons. The molecule has 2 aromatic rings. The fourth-order valence-electron chi connectivity index (χ4n) is 6.52. The van der Waals surface area contributed by atoms with E-state index in [1.807, 2.05) is 36.4 Å². The van der Waals surface area contributed by atoms with Crippen molar-refractivity contribution in [2.45, 2.75) is 50.8 Å². The maximum absolute atomic E-state index is 13.5. The second kappa shape index (κ2) is 11.9. The number of amides is 5. The minimum atomic E-state index is -0.975. The van der Waals surface area contributed by atoms with Crippen molar-refractivity contribution in [3.8, 4) is 0 Å². The average molecular weight is 574 g/mol. The number of carbonyl (C=O) groups excluding carboxylic acids is 5. The van der Waals surface area contributed by atoms with Gasteiger partial charge >= 0.3 is 6.09 Å². The summed E-state index contributed by atoms with van der Waals surface area (Å²) >= 11 is 0. The van der Waals surface area contributed by atoms with Gasteiger partial charge in [0, 0.05) is 45.2 Å². The van der Waals surface area contributed by atoms with Crippen LogP contribution in [0.15, 0.2) is 48.5 Å². The molecule has 4 heterocycles. The SMILES string of the molecule is O=C1CCC(N2C(=O)c3cccc(N4CCC(CN5CCC(NC(=O)OCc6ccccc6)CC5)C4)c3C2=O)C(=O)N1. The van der Waals surface area contributed by atoms with Gasteiger partial charge in [-0.1, -0.05) is 36.4 Å². The zero-order valence-corrected chi connectivity index (χ0v) is 23.4. The molecule has 0 aromatic heterocycles. The normalized spacial score (nSPS) is 23.2. The fourth-order valence-corrected chi connectivity index (χ4v) is 6.52. The molecule has 4 aliphatic heterocycles. The molecule has 5 amide bonds. The van der Waals surface area contributed by atoms with Gasteiger partial charge < -0.3 is 19.9 Å². The monoisotopic (exact) mass is 573 g/mol. The molecule has 0 radical (unpaired) electrons. The van der Waals surface area contributed by atoms with Gasteiger partial charge in [-0.25, -0.2) is 4.79 Å². The second-order valence-electron chi connectivity index (χ2n) is 11.5. The number of alkyl carbamates (subject to hydrolysis) is 1. The summed E-state index contributed by atoms with van der Waals surface area (Å²) in [6, 6.07) is 14.0. The number of carbonyl (C=O) groups is 5. The van der Waals surface area contributed by atoms with Crippen molar-refractivity contribution >= 4 is 35.4 Å². The van der Waals surface area contributed by atoms with Gasteiger partial charge in [-0.3, -0.25) is 29.4 Å². The van der Waals surface area contributed by atoms with E-state index in [0.717, 1.165) is 68.1 Å². The Morgan fingerprint density at radius 2 is 1.69 bits per heavy atom. The molecule has 6 rings (SSSR count). The van der Waals surface area contributed by atoms with Crippen LogP contribution >= 0.6 is 0 Å². The van der Waals surface area contributed by atoms with Crippen molar-refractivity contribution in [3.63, 3.8) is 0 Å². The van der Waals surface area contributed by atoms with Crippen molar-refractivity contribution in [2.24, 2.45) is 5.92 Å². The van der Waals surface area contributed by atoms with Gasteiger partial charge in [0.1, 0.15) is 12.6 Å². The van der Waals surface area contributed by atoms with Crippen LogP contribution in [0.3, 0.4) is 0 Å². The molecule has 3 saturated heterocycles. The van der Waals surface area contributed by atoms with Crippen LogP contribution in [0.1, 0.15) is 58.4 Å². The number of hydrogen-bond acceptors (Lipinski definition) is 8. The lowest BCUT2D eigenvalue weighted by Gasteiger charge is -2.33. The van der Waals surface area contributed by atoms with Crippen LogP contribution in [0.5, 0.6) is 0 Å². The molecule has 3 fully saturated rings. The van der Waals surface area contributed by atoms with Crippen LogP contribution in [0.4, 0.5) is 10.5 Å². The van der Waals surface area contributed by atoms with Crippen LogP contribution in [0.25, 0.3) is 0 Å². The van der Waals surface area contributed by atoms with Gasteiger partial charge in [-0.2, -0.15) is 0 Å². The molecule has 0 saturated carbocycles. The second-order valence-corrected chi connectivity index (χ2v) is 11.5. The maximum Gasteiger partial charge on any atom is 0.407 e. The van der Waals surface area contributed by atoms with Gasteiger partial charge in [0.2, 0.25) is 11.8 Å². The summed E-state index contributed by atoms with van der Waals surface area (Å²) in [4.78, 5) is 68.6. The van der Waals surface area contributed by atoms with Crippen LogP contribution in [0.2, 0.25) is 0 Å². The van der Waals surface area contributed by atoms with Crippen molar-refractivity contribution in [1.82, 2.24) is 20.4 Å². The number of rotatable bonds is 7. The van der Waals surface area contributed by atoms with Crippen molar-refractivity contribution < 1.29 is 28.7 Å². The number of fused-ring (bicyclic) bond motifs is 1. The third kappa shape index (κ3) is 5.74. The molecule has 2 aromatic carbocycles. The first-order valence-electron chi connectivity index (χ1n) is 14.7. The largest absolute Gasteiger partial charge is 0.445 e. The molecular weight excluding hydrogens is 538 g/mol. The number of nitrogens with one attached hydrogen (secondary N) is 2. The molecule has 0 bridgehead atoms. The number of piperidine rings is 2. The first kappa shape index (κ1) is 27.9. The number of hydrogen-bond donors (Lipinski definition) is 2. The summed E-state index contributed by atoms with van der Waals surface area (Å²) in [6.45, 7) is 4.48. The molecule has 11 heteroatoms. The highest BCUT2D eigenvalue weighted by Crippen LogP contribution is 2.36. The first-order chi connectivity index (χ1) is 20.4. The number of imide groups is 2. The van der Waals surface area contributed by atoms with E-state index in [4.69, 9.17) is 4.74 Å². The summed E-state index contributed by atoms with van der Waals surface area (Å²) in [5, 5.41) is 5.24. The molecule has 2 unspecified atom stereocenters. The van der Waals surface area contributed by atoms with E-state index in [0.29, 0.717) is 17.0 Å². The molecule has 0 spiro atoms. The zero-order valence-electron chi connectivity index (χ0n) is 23.4. The van der Waals surface area contributed by atoms with E-state index in [2.05, 4.69) is 20.4 Å². The Labute approximate surface area is 244 Å². The van der Waals surface area contributed by atoms with Crippen LogP contribution in [-0.2, 0) is 20.9 Å². The summed E-state index contributed by atoms with van der Waals surface area (Å²) in [5.41, 5.74) is 2.33. The van der Waals surface area contributed by atoms with Gasteiger partial charge in [0.25, 0.3) is 11.8 Å². The highest BCUT2D eigenvalue weighted by molar-refractivity contribution is 6.25. The van der Waals surface area contributed by atoms with Gasteiger partial charge in [0.15, 0.2) is 0 Å². The van der Waals surface area contributed by atoms with Crippen molar-refractivity contribution in [3.05, 3.63) is 65.2 Å². The summed E-state index contributed by atoms with van der Waals surface area (Å²) in [6.07, 6.45) is 2.52. The smallest absolute Gasteiger partial charge is 0.407 e. The lowest BCUT2D eigenvalue weighted by molar-refractivity contribution is -0.136. The Kier molecular flexibility index (Phi) is 7.92. The highest BCUT2D eigenvalue weighted by atomic mass is 16.5. The molecule has 2 atom stereocenters. The molecule has 4 aliphatic rings. The number of ether oxygens (including phenoxy) is 1. The zero-order chi connectivity index (χ0) is 29.2. The minimum Gasteiger partial charge on any atom is -0.445 e.